The Balaban J connectivity index is 3.53. The largest absolute Gasteiger partial charge is 0.500 e. The summed E-state index contributed by atoms with van der Waals surface area (Å²) in [6.07, 6.45) is 11.2. The molecule has 0 rings (SSSR count). The molecule has 120 valence electrons. The summed E-state index contributed by atoms with van der Waals surface area (Å²) in [6.45, 7) is 4.09. The summed E-state index contributed by atoms with van der Waals surface area (Å²) in [5, 5.41) is 0. The Morgan fingerprint density at radius 3 is 2.00 bits per heavy atom. The number of allylic oxidation sites excluding steroid dienone is 1. The van der Waals surface area contributed by atoms with Gasteiger partial charge in [0.25, 0.3) is 0 Å². The van der Waals surface area contributed by atoms with E-state index in [1.54, 1.807) is 27.6 Å². The summed E-state index contributed by atoms with van der Waals surface area (Å²) in [6, 6.07) is 0.900. The zero-order chi connectivity index (χ0) is 15.3. The Morgan fingerprint density at radius 1 is 0.900 bits per heavy atom. The summed E-state index contributed by atoms with van der Waals surface area (Å²) >= 11 is 0. The first-order valence-electron chi connectivity index (χ1n) is 7.56. The molecule has 0 spiro atoms. The standard InChI is InChI=1S/C15H32O4Si/c1-6-13-19-15(2)12-10-8-7-9-11-14-20(16-3,17-4)18-5/h6,13,15H,7-12,14H2,1-5H3. The van der Waals surface area contributed by atoms with Crippen molar-refractivity contribution in [1.29, 1.82) is 0 Å². The molecule has 0 aromatic heterocycles. The van der Waals surface area contributed by atoms with Crippen LogP contribution in [0.3, 0.4) is 0 Å². The lowest BCUT2D eigenvalue weighted by atomic mass is 10.1. The fourth-order valence-electron chi connectivity index (χ4n) is 2.14. The topological polar surface area (TPSA) is 36.9 Å². The minimum atomic E-state index is -2.35. The minimum Gasteiger partial charge on any atom is -0.499 e. The lowest BCUT2D eigenvalue weighted by molar-refractivity contribution is 0.122. The van der Waals surface area contributed by atoms with Gasteiger partial charge in [-0.05, 0) is 33.1 Å². The molecule has 0 saturated heterocycles. The third-order valence-corrected chi connectivity index (χ3v) is 6.31. The summed E-state index contributed by atoms with van der Waals surface area (Å²) < 4.78 is 21.7. The molecule has 0 aromatic rings. The van der Waals surface area contributed by atoms with E-state index in [-0.39, 0.29) is 0 Å². The second kappa shape index (κ2) is 12.4. The molecule has 0 saturated carbocycles. The van der Waals surface area contributed by atoms with Crippen molar-refractivity contribution in [2.24, 2.45) is 0 Å². The average molecular weight is 305 g/mol. The molecule has 0 aliphatic heterocycles. The number of hydrogen-bond acceptors (Lipinski definition) is 4. The second-order valence-corrected chi connectivity index (χ2v) is 8.11. The van der Waals surface area contributed by atoms with Gasteiger partial charge in [0.15, 0.2) is 0 Å². The molecule has 0 aromatic carbocycles. The maximum Gasteiger partial charge on any atom is 0.500 e. The molecule has 0 N–H and O–H groups in total. The highest BCUT2D eigenvalue weighted by Gasteiger charge is 2.36. The summed E-state index contributed by atoms with van der Waals surface area (Å²) in [5.41, 5.74) is 0. The highest BCUT2D eigenvalue weighted by Crippen LogP contribution is 2.18. The Hall–Kier alpha value is -0.363. The molecule has 4 nitrogen and oxygen atoms in total. The molecule has 1 unspecified atom stereocenters. The summed E-state index contributed by atoms with van der Waals surface area (Å²) in [7, 11) is 2.67. The number of rotatable bonds is 13. The molecule has 0 radical (unpaired) electrons. The van der Waals surface area contributed by atoms with E-state index in [0.29, 0.717) is 6.10 Å². The van der Waals surface area contributed by atoms with Crippen molar-refractivity contribution in [3.8, 4) is 0 Å². The molecular formula is C15H32O4Si. The molecule has 20 heavy (non-hydrogen) atoms. The first kappa shape index (κ1) is 19.6. The molecule has 0 aliphatic carbocycles. The van der Waals surface area contributed by atoms with Gasteiger partial charge in [0, 0.05) is 27.4 Å². The number of hydrogen-bond donors (Lipinski definition) is 0. The number of ether oxygens (including phenoxy) is 1. The van der Waals surface area contributed by atoms with E-state index >= 15 is 0 Å². The fraction of sp³-hybridized carbons (Fsp3) is 0.867. The minimum absolute atomic E-state index is 0.321. The van der Waals surface area contributed by atoms with Crippen LogP contribution in [0.15, 0.2) is 12.3 Å². The Bertz CT molecular complexity index is 234. The van der Waals surface area contributed by atoms with Gasteiger partial charge in [-0.3, -0.25) is 0 Å². The Kier molecular flexibility index (Phi) is 12.2. The molecule has 0 heterocycles. The van der Waals surface area contributed by atoms with Gasteiger partial charge < -0.3 is 18.0 Å². The average Bonchev–Trinajstić information content (AvgIpc) is 2.48. The summed E-state index contributed by atoms with van der Waals surface area (Å²) in [5.74, 6) is 0. The molecule has 0 bridgehead atoms. The predicted molar refractivity (Wildman–Crippen MR) is 84.7 cm³/mol. The van der Waals surface area contributed by atoms with Gasteiger partial charge in [0.1, 0.15) is 0 Å². The van der Waals surface area contributed by atoms with Gasteiger partial charge in [-0.25, -0.2) is 0 Å². The Labute approximate surface area is 125 Å². The molecule has 0 amide bonds. The van der Waals surface area contributed by atoms with Crippen LogP contribution in [0.5, 0.6) is 0 Å². The van der Waals surface area contributed by atoms with Crippen molar-refractivity contribution < 1.29 is 18.0 Å². The van der Waals surface area contributed by atoms with Crippen molar-refractivity contribution in [2.75, 3.05) is 21.3 Å². The Morgan fingerprint density at radius 2 is 1.45 bits per heavy atom. The highest BCUT2D eigenvalue weighted by molar-refractivity contribution is 6.60. The van der Waals surface area contributed by atoms with Crippen molar-refractivity contribution in [1.82, 2.24) is 0 Å². The van der Waals surface area contributed by atoms with Crippen molar-refractivity contribution >= 4 is 8.80 Å². The van der Waals surface area contributed by atoms with E-state index in [1.807, 2.05) is 13.0 Å². The van der Waals surface area contributed by atoms with E-state index in [4.69, 9.17) is 18.0 Å². The van der Waals surface area contributed by atoms with Gasteiger partial charge in [-0.1, -0.05) is 25.3 Å². The fourth-order valence-corrected chi connectivity index (χ4v) is 3.94. The van der Waals surface area contributed by atoms with Crippen LogP contribution in [-0.4, -0.2) is 36.2 Å². The molecule has 5 heteroatoms. The lowest BCUT2D eigenvalue weighted by Crippen LogP contribution is -2.42. The zero-order valence-corrected chi connectivity index (χ0v) is 14.8. The van der Waals surface area contributed by atoms with Crippen molar-refractivity contribution in [2.45, 2.75) is 64.5 Å². The van der Waals surface area contributed by atoms with Crippen LogP contribution in [0.4, 0.5) is 0 Å². The molecular weight excluding hydrogens is 272 g/mol. The van der Waals surface area contributed by atoms with Gasteiger partial charge in [-0.2, -0.15) is 0 Å². The van der Waals surface area contributed by atoms with Gasteiger partial charge >= 0.3 is 8.80 Å². The van der Waals surface area contributed by atoms with Crippen LogP contribution in [0.1, 0.15) is 52.4 Å². The first-order valence-corrected chi connectivity index (χ1v) is 9.49. The van der Waals surface area contributed by atoms with Crippen LogP contribution < -0.4 is 0 Å². The van der Waals surface area contributed by atoms with Crippen molar-refractivity contribution in [3.63, 3.8) is 0 Å². The maximum atomic E-state index is 5.48. The smallest absolute Gasteiger partial charge is 0.499 e. The van der Waals surface area contributed by atoms with Crippen molar-refractivity contribution in [3.05, 3.63) is 12.3 Å². The lowest BCUT2D eigenvalue weighted by Gasteiger charge is -2.24. The van der Waals surface area contributed by atoms with Gasteiger partial charge in [-0.15, -0.1) is 0 Å². The quantitative estimate of drug-likeness (QED) is 0.291. The third-order valence-electron chi connectivity index (χ3n) is 3.47. The van der Waals surface area contributed by atoms with E-state index in [9.17, 15) is 0 Å². The van der Waals surface area contributed by atoms with E-state index in [2.05, 4.69) is 6.92 Å². The van der Waals surface area contributed by atoms with Crippen LogP contribution in [-0.2, 0) is 18.0 Å². The summed E-state index contributed by atoms with van der Waals surface area (Å²) in [4.78, 5) is 0. The normalized spacial score (nSPS) is 13.8. The van der Waals surface area contributed by atoms with Crippen LogP contribution in [0, 0.1) is 0 Å². The maximum absolute atomic E-state index is 5.48. The number of unbranched alkanes of at least 4 members (excludes halogenated alkanes) is 4. The first-order chi connectivity index (χ1) is 9.64. The second-order valence-electron chi connectivity index (χ2n) is 5.02. The van der Waals surface area contributed by atoms with E-state index in [0.717, 1.165) is 18.9 Å². The molecule has 0 aliphatic rings. The highest BCUT2D eigenvalue weighted by atomic mass is 28.4. The van der Waals surface area contributed by atoms with Crippen LogP contribution >= 0.6 is 0 Å². The zero-order valence-electron chi connectivity index (χ0n) is 13.8. The molecule has 0 fully saturated rings. The van der Waals surface area contributed by atoms with Gasteiger partial charge in [0.2, 0.25) is 0 Å². The van der Waals surface area contributed by atoms with E-state index in [1.165, 1.54) is 25.7 Å². The van der Waals surface area contributed by atoms with Gasteiger partial charge in [0.05, 0.1) is 12.4 Å². The van der Waals surface area contributed by atoms with Crippen LogP contribution in [0.2, 0.25) is 6.04 Å². The monoisotopic (exact) mass is 304 g/mol. The van der Waals surface area contributed by atoms with E-state index < -0.39 is 8.80 Å². The predicted octanol–water partition coefficient (Wildman–Crippen LogP) is 4.14. The SMILES string of the molecule is CC=COC(C)CCCCCCC[Si](OC)(OC)OC. The van der Waals surface area contributed by atoms with Crippen LogP contribution in [0.25, 0.3) is 0 Å². The third kappa shape index (κ3) is 8.74. The molecule has 1 atom stereocenters.